The van der Waals surface area contributed by atoms with E-state index < -0.39 is 0 Å². The highest BCUT2D eigenvalue weighted by molar-refractivity contribution is 7.99. The normalized spacial score (nSPS) is 20.9. The van der Waals surface area contributed by atoms with E-state index in [2.05, 4.69) is 39.3 Å². The molecule has 3 N–H and O–H groups in total. The minimum Gasteiger partial charge on any atom is -0.399 e. The molecule has 0 radical (unpaired) electrons. The number of nitrogens with two attached hydrogens (primary N) is 1. The minimum atomic E-state index is 0.279. The smallest absolute Gasteiger partial charge is 0.158 e. The SMILES string of the molecule is NC1=CCC(c2[nH]nc(N3CCSCC3)c2-c2ccncc2)C=C1. The van der Waals surface area contributed by atoms with Gasteiger partial charge < -0.3 is 10.6 Å². The number of H-pyrrole nitrogens is 1. The topological polar surface area (TPSA) is 70.8 Å². The maximum absolute atomic E-state index is 5.88. The zero-order valence-corrected chi connectivity index (χ0v) is 14.3. The van der Waals surface area contributed by atoms with Crippen LogP contribution in [0.25, 0.3) is 11.1 Å². The average molecular weight is 339 g/mol. The van der Waals surface area contributed by atoms with Gasteiger partial charge in [-0.2, -0.15) is 16.9 Å². The van der Waals surface area contributed by atoms with Gasteiger partial charge in [-0.25, -0.2) is 0 Å². The second-order valence-electron chi connectivity index (χ2n) is 6.08. The van der Waals surface area contributed by atoms with E-state index in [9.17, 15) is 0 Å². The maximum atomic E-state index is 5.88. The molecule has 3 heterocycles. The van der Waals surface area contributed by atoms with E-state index in [1.807, 2.05) is 30.2 Å². The van der Waals surface area contributed by atoms with Gasteiger partial charge in [0.05, 0.1) is 5.69 Å². The number of hydrogen-bond acceptors (Lipinski definition) is 5. The Hall–Kier alpha value is -2.21. The highest BCUT2D eigenvalue weighted by Gasteiger charge is 2.25. The molecule has 24 heavy (non-hydrogen) atoms. The van der Waals surface area contributed by atoms with Gasteiger partial charge in [0.15, 0.2) is 5.82 Å². The number of allylic oxidation sites excluding steroid dienone is 3. The Morgan fingerprint density at radius 3 is 2.71 bits per heavy atom. The molecule has 2 aromatic rings. The van der Waals surface area contributed by atoms with Crippen molar-refractivity contribution in [3.8, 4) is 11.1 Å². The summed E-state index contributed by atoms with van der Waals surface area (Å²) < 4.78 is 0. The molecule has 1 saturated heterocycles. The summed E-state index contributed by atoms with van der Waals surface area (Å²) in [7, 11) is 0. The zero-order valence-electron chi connectivity index (χ0n) is 13.5. The van der Waals surface area contributed by atoms with Crippen LogP contribution in [-0.4, -0.2) is 39.8 Å². The number of nitrogens with one attached hydrogen (secondary N) is 1. The van der Waals surface area contributed by atoms with Crippen molar-refractivity contribution in [1.29, 1.82) is 0 Å². The molecule has 0 aromatic carbocycles. The third kappa shape index (κ3) is 2.94. The number of anilines is 1. The Labute approximate surface area is 146 Å². The monoisotopic (exact) mass is 339 g/mol. The Balaban J connectivity index is 1.77. The molecule has 0 amide bonds. The molecule has 1 atom stereocenters. The largest absolute Gasteiger partial charge is 0.399 e. The lowest BCUT2D eigenvalue weighted by atomic mass is 9.91. The number of aromatic amines is 1. The maximum Gasteiger partial charge on any atom is 0.158 e. The molecule has 2 aliphatic rings. The molecule has 1 unspecified atom stereocenters. The summed E-state index contributed by atoms with van der Waals surface area (Å²) in [6.07, 6.45) is 10.8. The van der Waals surface area contributed by atoms with Crippen LogP contribution in [0.1, 0.15) is 18.0 Å². The van der Waals surface area contributed by atoms with E-state index in [-0.39, 0.29) is 5.92 Å². The third-order valence-electron chi connectivity index (χ3n) is 4.55. The fraction of sp³-hybridized carbons (Fsp3) is 0.333. The summed E-state index contributed by atoms with van der Waals surface area (Å²) >= 11 is 2.01. The molecule has 0 bridgehead atoms. The van der Waals surface area contributed by atoms with Gasteiger partial charge in [-0.15, -0.1) is 0 Å². The van der Waals surface area contributed by atoms with Crippen molar-refractivity contribution in [2.75, 3.05) is 29.5 Å². The summed E-state index contributed by atoms with van der Waals surface area (Å²) in [5.41, 5.74) is 10.2. The molecule has 6 heteroatoms. The van der Waals surface area contributed by atoms with E-state index in [1.165, 1.54) is 5.56 Å². The van der Waals surface area contributed by atoms with Crippen LogP contribution in [0.15, 0.2) is 48.5 Å². The lowest BCUT2D eigenvalue weighted by Crippen LogP contribution is -2.33. The predicted octanol–water partition coefficient (Wildman–Crippen LogP) is 2.91. The molecule has 2 aromatic heterocycles. The van der Waals surface area contributed by atoms with Crippen LogP contribution in [0.5, 0.6) is 0 Å². The molecular weight excluding hydrogens is 318 g/mol. The Bertz CT molecular complexity index is 759. The number of rotatable bonds is 3. The van der Waals surface area contributed by atoms with Crippen molar-refractivity contribution < 1.29 is 0 Å². The predicted molar refractivity (Wildman–Crippen MR) is 100 cm³/mol. The second-order valence-corrected chi connectivity index (χ2v) is 7.30. The van der Waals surface area contributed by atoms with Crippen molar-refractivity contribution >= 4 is 17.6 Å². The van der Waals surface area contributed by atoms with E-state index in [0.717, 1.165) is 53.8 Å². The first-order chi connectivity index (χ1) is 11.8. The van der Waals surface area contributed by atoms with Crippen molar-refractivity contribution in [2.24, 2.45) is 5.73 Å². The van der Waals surface area contributed by atoms with E-state index in [0.29, 0.717) is 0 Å². The van der Waals surface area contributed by atoms with Gasteiger partial charge in [0, 0.05) is 54.2 Å². The number of nitrogens with zero attached hydrogens (tertiary/aromatic N) is 3. The Morgan fingerprint density at radius 2 is 2.00 bits per heavy atom. The van der Waals surface area contributed by atoms with Crippen LogP contribution in [0.3, 0.4) is 0 Å². The molecular formula is C18H21N5S. The first-order valence-corrected chi connectivity index (χ1v) is 9.43. The van der Waals surface area contributed by atoms with Crippen molar-refractivity contribution in [1.82, 2.24) is 15.2 Å². The molecule has 124 valence electrons. The van der Waals surface area contributed by atoms with Crippen molar-refractivity contribution in [3.63, 3.8) is 0 Å². The summed E-state index contributed by atoms with van der Waals surface area (Å²) in [5, 5.41) is 8.01. The van der Waals surface area contributed by atoms with E-state index in [4.69, 9.17) is 10.8 Å². The standard InChI is InChI=1S/C18H21N5S/c19-15-3-1-14(2-4-15)17-16(13-5-7-20-8-6-13)18(22-21-17)23-9-11-24-12-10-23/h1,3-8,14H,2,9-12,19H2,(H,21,22). The highest BCUT2D eigenvalue weighted by atomic mass is 32.2. The summed E-state index contributed by atoms with van der Waals surface area (Å²) in [5.74, 6) is 3.65. The number of hydrogen-bond donors (Lipinski definition) is 2. The number of thioether (sulfide) groups is 1. The molecule has 4 rings (SSSR count). The zero-order chi connectivity index (χ0) is 16.4. The van der Waals surface area contributed by atoms with Crippen LogP contribution in [0.2, 0.25) is 0 Å². The molecule has 1 aliphatic heterocycles. The van der Waals surface area contributed by atoms with E-state index in [1.54, 1.807) is 0 Å². The highest BCUT2D eigenvalue weighted by Crippen LogP contribution is 2.39. The van der Waals surface area contributed by atoms with Crippen molar-refractivity contribution in [3.05, 3.63) is 54.1 Å². The minimum absolute atomic E-state index is 0.279. The van der Waals surface area contributed by atoms with Crippen LogP contribution >= 0.6 is 11.8 Å². The van der Waals surface area contributed by atoms with Gasteiger partial charge in [-0.1, -0.05) is 12.2 Å². The lowest BCUT2D eigenvalue weighted by Gasteiger charge is -2.27. The van der Waals surface area contributed by atoms with Gasteiger partial charge in [-0.3, -0.25) is 10.1 Å². The van der Waals surface area contributed by atoms with Crippen LogP contribution in [0.4, 0.5) is 5.82 Å². The number of pyridine rings is 1. The van der Waals surface area contributed by atoms with Crippen molar-refractivity contribution in [2.45, 2.75) is 12.3 Å². The van der Waals surface area contributed by atoms with Crippen LogP contribution < -0.4 is 10.6 Å². The lowest BCUT2D eigenvalue weighted by molar-refractivity contribution is 0.794. The first-order valence-electron chi connectivity index (χ1n) is 8.28. The second kappa shape index (κ2) is 6.73. The third-order valence-corrected chi connectivity index (χ3v) is 5.50. The fourth-order valence-electron chi connectivity index (χ4n) is 3.27. The van der Waals surface area contributed by atoms with Gasteiger partial charge >= 0.3 is 0 Å². The first kappa shape index (κ1) is 15.3. The quantitative estimate of drug-likeness (QED) is 0.900. The van der Waals surface area contributed by atoms with Crippen LogP contribution in [-0.2, 0) is 0 Å². The molecule has 0 saturated carbocycles. The molecule has 1 aliphatic carbocycles. The van der Waals surface area contributed by atoms with E-state index >= 15 is 0 Å². The fourth-order valence-corrected chi connectivity index (χ4v) is 4.17. The Morgan fingerprint density at radius 1 is 1.21 bits per heavy atom. The number of aromatic nitrogens is 3. The summed E-state index contributed by atoms with van der Waals surface area (Å²) in [6, 6.07) is 4.13. The Kier molecular flexibility index (Phi) is 4.30. The summed E-state index contributed by atoms with van der Waals surface area (Å²) in [6.45, 7) is 2.08. The van der Waals surface area contributed by atoms with Gasteiger partial charge in [0.1, 0.15) is 0 Å². The summed E-state index contributed by atoms with van der Waals surface area (Å²) in [4.78, 5) is 6.55. The van der Waals surface area contributed by atoms with Gasteiger partial charge in [-0.05, 0) is 30.2 Å². The molecule has 5 nitrogen and oxygen atoms in total. The molecule has 1 fully saturated rings. The van der Waals surface area contributed by atoms with Crippen LogP contribution in [0, 0.1) is 0 Å². The average Bonchev–Trinajstić information content (AvgIpc) is 3.09. The molecule has 0 spiro atoms. The van der Waals surface area contributed by atoms with Gasteiger partial charge in [0.25, 0.3) is 0 Å². The van der Waals surface area contributed by atoms with Gasteiger partial charge in [0.2, 0.25) is 0 Å².